The molecule has 1 aromatic heterocycles. The van der Waals surface area contributed by atoms with E-state index < -0.39 is 0 Å². The summed E-state index contributed by atoms with van der Waals surface area (Å²) >= 11 is 5.32. The van der Waals surface area contributed by atoms with Crippen LogP contribution in [0.1, 0.15) is 11.3 Å². The molecule has 0 spiro atoms. The Kier molecular flexibility index (Phi) is 8.76. The fraction of sp³-hybridized carbons (Fsp3) is 0.688. The molecule has 0 aromatic carbocycles. The van der Waals surface area contributed by atoms with Crippen molar-refractivity contribution in [2.45, 2.75) is 18.9 Å². The predicted molar refractivity (Wildman–Crippen MR) is 115 cm³/mol. The highest BCUT2D eigenvalue weighted by molar-refractivity contribution is 14.0. The van der Waals surface area contributed by atoms with E-state index in [0.29, 0.717) is 6.04 Å². The summed E-state index contributed by atoms with van der Waals surface area (Å²) in [7, 11) is 1.88. The second-order valence-corrected chi connectivity index (χ2v) is 8.51. The van der Waals surface area contributed by atoms with Crippen molar-refractivity contribution in [1.82, 2.24) is 15.1 Å². The van der Waals surface area contributed by atoms with Crippen LogP contribution in [-0.4, -0.2) is 74.8 Å². The Morgan fingerprint density at radius 1 is 1.38 bits per heavy atom. The third-order valence-corrected chi connectivity index (χ3v) is 6.20. The Bertz CT molecular complexity index is 536. The lowest BCUT2D eigenvalue weighted by atomic mass is 10.2. The van der Waals surface area contributed by atoms with Gasteiger partial charge in [-0.1, -0.05) is 0 Å². The van der Waals surface area contributed by atoms with Crippen LogP contribution in [0.3, 0.4) is 0 Å². The fourth-order valence-electron chi connectivity index (χ4n) is 3.29. The first-order chi connectivity index (χ1) is 11.3. The van der Waals surface area contributed by atoms with Crippen molar-refractivity contribution < 1.29 is 4.74 Å². The van der Waals surface area contributed by atoms with Crippen LogP contribution < -0.4 is 5.32 Å². The van der Waals surface area contributed by atoms with E-state index in [1.807, 2.05) is 7.05 Å². The number of morpholine rings is 1. The van der Waals surface area contributed by atoms with Crippen molar-refractivity contribution in [3.8, 4) is 0 Å². The van der Waals surface area contributed by atoms with Crippen LogP contribution in [0.4, 0.5) is 0 Å². The van der Waals surface area contributed by atoms with E-state index >= 15 is 0 Å². The summed E-state index contributed by atoms with van der Waals surface area (Å²) in [6.07, 6.45) is 2.26. The molecule has 3 rings (SSSR count). The van der Waals surface area contributed by atoms with Gasteiger partial charge >= 0.3 is 0 Å². The molecule has 24 heavy (non-hydrogen) atoms. The summed E-state index contributed by atoms with van der Waals surface area (Å²) in [5.41, 5.74) is 0. The molecule has 1 unspecified atom stereocenters. The number of nitrogens with zero attached hydrogens (tertiary/aromatic N) is 3. The molecule has 8 heteroatoms. The molecule has 136 valence electrons. The third kappa shape index (κ3) is 5.55. The second-order valence-electron chi connectivity index (χ2n) is 5.97. The molecule has 1 atom stereocenters. The number of halogens is 2. The monoisotopic (exact) mass is 528 g/mol. The lowest BCUT2D eigenvalue weighted by Gasteiger charge is -2.32. The largest absolute Gasteiger partial charge is 0.379 e. The van der Waals surface area contributed by atoms with Crippen molar-refractivity contribution in [3.05, 3.63) is 20.8 Å². The predicted octanol–water partition coefficient (Wildman–Crippen LogP) is 2.65. The van der Waals surface area contributed by atoms with E-state index in [1.54, 1.807) is 11.3 Å². The molecule has 0 bridgehead atoms. The zero-order chi connectivity index (χ0) is 16.1. The van der Waals surface area contributed by atoms with Crippen LogP contribution in [0.5, 0.6) is 0 Å². The zero-order valence-corrected chi connectivity index (χ0v) is 18.8. The molecule has 0 saturated carbocycles. The summed E-state index contributed by atoms with van der Waals surface area (Å²) in [4.78, 5) is 10.8. The third-order valence-electron chi connectivity index (χ3n) is 4.52. The van der Waals surface area contributed by atoms with Crippen molar-refractivity contribution in [3.63, 3.8) is 0 Å². The second kappa shape index (κ2) is 10.3. The topological polar surface area (TPSA) is 40.1 Å². The number of nitrogens with one attached hydrogen (secondary N) is 1. The van der Waals surface area contributed by atoms with Gasteiger partial charge in [-0.2, -0.15) is 0 Å². The molecule has 2 fully saturated rings. The van der Waals surface area contributed by atoms with E-state index in [0.717, 1.165) is 58.3 Å². The van der Waals surface area contributed by atoms with Crippen molar-refractivity contribution in [2.75, 3.05) is 53.0 Å². The minimum Gasteiger partial charge on any atom is -0.379 e. The minimum absolute atomic E-state index is 0. The molecule has 2 aliphatic heterocycles. The first-order valence-corrected chi connectivity index (χ1v) is 9.89. The molecule has 0 aliphatic carbocycles. The van der Waals surface area contributed by atoms with E-state index in [4.69, 9.17) is 4.74 Å². The van der Waals surface area contributed by atoms with Gasteiger partial charge in [0.25, 0.3) is 0 Å². The highest BCUT2D eigenvalue weighted by Crippen LogP contribution is 2.22. The number of rotatable bonds is 4. The normalized spacial score (nSPS) is 22.5. The minimum atomic E-state index is 0. The first kappa shape index (κ1) is 20.4. The quantitative estimate of drug-likeness (QED) is 0.370. The summed E-state index contributed by atoms with van der Waals surface area (Å²) in [6, 6.07) is 4.94. The maximum atomic E-state index is 5.46. The van der Waals surface area contributed by atoms with Gasteiger partial charge in [0, 0.05) is 50.7 Å². The zero-order valence-electron chi connectivity index (χ0n) is 14.0. The van der Waals surface area contributed by atoms with E-state index in [9.17, 15) is 0 Å². The van der Waals surface area contributed by atoms with Gasteiger partial charge in [-0.15, -0.1) is 35.3 Å². The SMILES string of the molecule is CN=C(NCCc1ccc(Br)s1)N1CCC(N2CCOCC2)C1.I. The van der Waals surface area contributed by atoms with Crippen LogP contribution in [0.2, 0.25) is 0 Å². The maximum Gasteiger partial charge on any atom is 0.193 e. The maximum absolute atomic E-state index is 5.46. The number of aliphatic imine (C=N–C) groups is 1. The van der Waals surface area contributed by atoms with Gasteiger partial charge in [-0.3, -0.25) is 9.89 Å². The molecule has 0 radical (unpaired) electrons. The Balaban J connectivity index is 0.00000208. The van der Waals surface area contributed by atoms with E-state index in [1.165, 1.54) is 15.1 Å². The smallest absolute Gasteiger partial charge is 0.193 e. The molecular weight excluding hydrogens is 503 g/mol. The molecule has 3 heterocycles. The summed E-state index contributed by atoms with van der Waals surface area (Å²) in [5, 5.41) is 3.52. The van der Waals surface area contributed by atoms with Gasteiger partial charge < -0.3 is 15.0 Å². The van der Waals surface area contributed by atoms with Crippen molar-refractivity contribution in [2.24, 2.45) is 4.99 Å². The molecule has 2 saturated heterocycles. The molecule has 2 aliphatic rings. The summed E-state index contributed by atoms with van der Waals surface area (Å²) in [5.74, 6) is 1.04. The first-order valence-electron chi connectivity index (χ1n) is 8.28. The number of hydrogen-bond acceptors (Lipinski definition) is 4. The van der Waals surface area contributed by atoms with Gasteiger partial charge in [-0.25, -0.2) is 0 Å². The lowest BCUT2D eigenvalue weighted by Crippen LogP contribution is -2.46. The van der Waals surface area contributed by atoms with Crippen molar-refractivity contribution in [1.29, 1.82) is 0 Å². The summed E-state index contributed by atoms with van der Waals surface area (Å²) < 4.78 is 6.66. The Hall–Kier alpha value is 0.1000. The van der Waals surface area contributed by atoms with Gasteiger partial charge in [-0.05, 0) is 40.9 Å². The number of guanidine groups is 1. The van der Waals surface area contributed by atoms with Crippen molar-refractivity contribution >= 4 is 57.2 Å². The Morgan fingerprint density at radius 2 is 2.17 bits per heavy atom. The summed E-state index contributed by atoms with van der Waals surface area (Å²) in [6.45, 7) is 6.98. The van der Waals surface area contributed by atoms with Crippen LogP contribution in [0, 0.1) is 0 Å². The molecule has 1 N–H and O–H groups in total. The Labute approximate surface area is 174 Å². The number of thiophene rings is 1. The van der Waals surface area contributed by atoms with Gasteiger partial charge in [0.05, 0.1) is 17.0 Å². The number of likely N-dealkylation sites (tertiary alicyclic amines) is 1. The fourth-order valence-corrected chi connectivity index (χ4v) is 4.77. The molecule has 5 nitrogen and oxygen atoms in total. The standard InChI is InChI=1S/C16H25BrN4OS.HI/c1-18-16(19-6-4-14-2-3-15(17)23-14)21-7-5-13(12-21)20-8-10-22-11-9-20;/h2-3,13H,4-12H2,1H3,(H,18,19);1H. The molecule has 0 amide bonds. The Morgan fingerprint density at radius 3 is 2.83 bits per heavy atom. The molecular formula is C16H26BrIN4OS. The van der Waals surface area contributed by atoms with Gasteiger partial charge in [0.1, 0.15) is 0 Å². The number of ether oxygens (including phenoxy) is 1. The van der Waals surface area contributed by atoms with E-state index in [-0.39, 0.29) is 24.0 Å². The van der Waals surface area contributed by atoms with Gasteiger partial charge in [0.15, 0.2) is 5.96 Å². The van der Waals surface area contributed by atoms with Crippen LogP contribution >= 0.6 is 51.2 Å². The van der Waals surface area contributed by atoms with Crippen LogP contribution in [0.25, 0.3) is 0 Å². The van der Waals surface area contributed by atoms with E-state index in [2.05, 4.69) is 48.2 Å². The lowest BCUT2D eigenvalue weighted by molar-refractivity contribution is 0.0195. The number of hydrogen-bond donors (Lipinski definition) is 1. The highest BCUT2D eigenvalue weighted by Gasteiger charge is 2.30. The highest BCUT2D eigenvalue weighted by atomic mass is 127. The van der Waals surface area contributed by atoms with Crippen LogP contribution in [-0.2, 0) is 11.2 Å². The van der Waals surface area contributed by atoms with Gasteiger partial charge in [0.2, 0.25) is 0 Å². The average Bonchev–Trinajstić information content (AvgIpc) is 3.22. The molecule has 1 aromatic rings. The average molecular weight is 529 g/mol. The van der Waals surface area contributed by atoms with Crippen LogP contribution in [0.15, 0.2) is 20.9 Å².